The number of piperazine rings is 1. The quantitative estimate of drug-likeness (QED) is 0.264. The average Bonchev–Trinajstić information content (AvgIpc) is 3.62. The first-order valence-corrected chi connectivity index (χ1v) is 15.4. The maximum Gasteiger partial charge on any atom is 0.394 e. The van der Waals surface area contributed by atoms with E-state index in [0.717, 1.165) is 45.2 Å². The predicted molar refractivity (Wildman–Crippen MR) is 164 cm³/mol. The summed E-state index contributed by atoms with van der Waals surface area (Å²) in [4.78, 5) is 24.6. The fourth-order valence-electron chi connectivity index (χ4n) is 5.46. The Labute approximate surface area is 259 Å². The van der Waals surface area contributed by atoms with Gasteiger partial charge in [-0.15, -0.1) is 0 Å². The topological polar surface area (TPSA) is 175 Å². The van der Waals surface area contributed by atoms with Gasteiger partial charge in [0.25, 0.3) is 5.91 Å². The van der Waals surface area contributed by atoms with Crippen molar-refractivity contribution in [1.29, 1.82) is 0 Å². The zero-order valence-corrected chi connectivity index (χ0v) is 25.3. The second kappa shape index (κ2) is 14.4. The molecular weight excluding hydrogens is 612 g/mol. The van der Waals surface area contributed by atoms with Gasteiger partial charge in [0.1, 0.15) is 23.1 Å². The minimum atomic E-state index is -4.67. The third-order valence-corrected chi connectivity index (χ3v) is 7.68. The molecule has 4 aromatic rings. The van der Waals surface area contributed by atoms with Gasteiger partial charge in [-0.3, -0.25) is 18.8 Å². The lowest BCUT2D eigenvalue weighted by atomic mass is 10.0. The molecule has 5 N–H and O–H groups in total. The van der Waals surface area contributed by atoms with Crippen molar-refractivity contribution in [3.8, 4) is 0 Å². The number of hydrogen-bond acceptors (Lipinski definition) is 8. The molecule has 13 nitrogen and oxygen atoms in total. The summed E-state index contributed by atoms with van der Waals surface area (Å²) in [5, 5.41) is 7.26. The van der Waals surface area contributed by atoms with E-state index in [2.05, 4.69) is 27.3 Å². The molecule has 16 heteroatoms. The molecule has 6 rings (SSSR count). The van der Waals surface area contributed by atoms with Crippen LogP contribution in [0.5, 0.6) is 0 Å². The van der Waals surface area contributed by atoms with Crippen LogP contribution in [0.15, 0.2) is 60.9 Å². The zero-order valence-electron chi connectivity index (χ0n) is 24.5. The third-order valence-electron chi connectivity index (χ3n) is 7.68. The van der Waals surface area contributed by atoms with Crippen molar-refractivity contribution in [3.05, 3.63) is 89.2 Å². The number of carbonyl (C=O) groups excluding carboxylic acids is 1. The van der Waals surface area contributed by atoms with Crippen LogP contribution >= 0.6 is 0 Å². The van der Waals surface area contributed by atoms with Gasteiger partial charge in [-0.1, -0.05) is 12.1 Å². The molecule has 2 aliphatic heterocycles. The second-order valence-electron chi connectivity index (χ2n) is 10.8. The number of anilines is 2. The highest BCUT2D eigenvalue weighted by Crippen LogP contribution is 2.37. The summed E-state index contributed by atoms with van der Waals surface area (Å²) < 4.78 is 61.6. The van der Waals surface area contributed by atoms with Gasteiger partial charge in [0.2, 0.25) is 0 Å². The van der Waals surface area contributed by atoms with Gasteiger partial charge < -0.3 is 20.6 Å². The molecule has 2 aromatic heterocycles. The van der Waals surface area contributed by atoms with E-state index >= 15 is 0 Å². The molecular formula is C29H35F2N7O6S. The molecule has 0 saturated carbocycles. The number of fused-ring (bicyclic) bond motifs is 1. The van der Waals surface area contributed by atoms with Gasteiger partial charge in [-0.2, -0.15) is 13.5 Å². The molecule has 2 saturated heterocycles. The van der Waals surface area contributed by atoms with Crippen LogP contribution in [0.3, 0.4) is 0 Å². The smallest absolute Gasteiger partial charge is 0.394 e. The van der Waals surface area contributed by atoms with Gasteiger partial charge >= 0.3 is 10.4 Å². The number of nitrogens with one attached hydrogen (secondary N) is 1. The number of amides is 1. The van der Waals surface area contributed by atoms with Crippen LogP contribution in [0.4, 0.5) is 20.3 Å². The Kier molecular flexibility index (Phi) is 10.8. The Bertz CT molecular complexity index is 1720. The first kappa shape index (κ1) is 33.8. The van der Waals surface area contributed by atoms with Crippen molar-refractivity contribution in [2.45, 2.75) is 25.4 Å². The van der Waals surface area contributed by atoms with Crippen molar-refractivity contribution < 1.29 is 36.6 Å². The fourth-order valence-corrected chi connectivity index (χ4v) is 5.46. The Morgan fingerprint density at radius 2 is 1.71 bits per heavy atom. The fraction of sp³-hybridized carbons (Fsp3) is 0.345. The van der Waals surface area contributed by atoms with Crippen LogP contribution in [0.2, 0.25) is 0 Å². The first-order chi connectivity index (χ1) is 20.9. The average molecular weight is 648 g/mol. The number of benzene rings is 2. The normalized spacial score (nSPS) is 17.4. The number of halogens is 2. The number of aromatic nitrogens is 3. The van der Waals surface area contributed by atoms with Gasteiger partial charge in [-0.05, 0) is 61.9 Å². The maximum absolute atomic E-state index is 14.6. The number of carbonyl (C=O) groups is 1. The van der Waals surface area contributed by atoms with Gasteiger partial charge in [-0.25, -0.2) is 18.3 Å². The van der Waals surface area contributed by atoms with E-state index in [9.17, 15) is 13.6 Å². The summed E-state index contributed by atoms with van der Waals surface area (Å²) in [6.07, 6.45) is 4.86. The SMILES string of the molecule is CN1CCN(Cc2ccc(C(=O)Nc3cnn4ccc(N5CCC[C@@H]5c5cc(F)ccc5F)nc34)cc2)CC1.O.O=S(=O)(O)O. The van der Waals surface area contributed by atoms with Crippen molar-refractivity contribution in [2.75, 3.05) is 50.0 Å². The monoisotopic (exact) mass is 647 g/mol. The van der Waals surface area contributed by atoms with Crippen molar-refractivity contribution in [2.24, 2.45) is 0 Å². The van der Waals surface area contributed by atoms with E-state index in [4.69, 9.17) is 22.5 Å². The molecule has 2 fully saturated rings. The van der Waals surface area contributed by atoms with Crippen LogP contribution < -0.4 is 10.2 Å². The summed E-state index contributed by atoms with van der Waals surface area (Å²) in [5.74, 6) is -0.516. The van der Waals surface area contributed by atoms with E-state index in [1.807, 2.05) is 29.2 Å². The highest BCUT2D eigenvalue weighted by molar-refractivity contribution is 7.79. The highest BCUT2D eigenvalue weighted by Gasteiger charge is 2.30. The summed E-state index contributed by atoms with van der Waals surface area (Å²) >= 11 is 0. The first-order valence-electron chi connectivity index (χ1n) is 14.0. The van der Waals surface area contributed by atoms with Crippen LogP contribution in [0.25, 0.3) is 5.65 Å². The lowest BCUT2D eigenvalue weighted by molar-refractivity contribution is 0.102. The molecule has 0 aliphatic carbocycles. The van der Waals surface area contributed by atoms with Crippen LogP contribution in [0.1, 0.15) is 40.4 Å². The third kappa shape index (κ3) is 8.78. The number of likely N-dealkylation sites (N-methyl/N-ethyl adjacent to an activating group) is 1. The minimum Gasteiger partial charge on any atom is -0.412 e. The minimum absolute atomic E-state index is 0. The van der Waals surface area contributed by atoms with E-state index in [-0.39, 0.29) is 17.4 Å². The molecule has 0 spiro atoms. The Morgan fingerprint density at radius 3 is 2.40 bits per heavy atom. The number of hydrogen-bond donors (Lipinski definition) is 3. The molecule has 0 bridgehead atoms. The van der Waals surface area contributed by atoms with E-state index in [1.54, 1.807) is 23.0 Å². The van der Waals surface area contributed by atoms with Crippen LogP contribution in [-0.4, -0.2) is 93.1 Å². The molecule has 0 radical (unpaired) electrons. The Hall–Kier alpha value is -4.06. The summed E-state index contributed by atoms with van der Waals surface area (Å²) in [7, 11) is -2.53. The summed E-state index contributed by atoms with van der Waals surface area (Å²) in [6.45, 7) is 5.75. The molecule has 242 valence electrons. The van der Waals surface area contributed by atoms with Crippen molar-refractivity contribution in [3.63, 3.8) is 0 Å². The maximum atomic E-state index is 14.6. The molecule has 1 amide bonds. The molecule has 1 atom stereocenters. The largest absolute Gasteiger partial charge is 0.412 e. The number of rotatable bonds is 6. The second-order valence-corrected chi connectivity index (χ2v) is 11.7. The van der Waals surface area contributed by atoms with E-state index in [1.165, 1.54) is 17.7 Å². The summed E-state index contributed by atoms with van der Waals surface area (Å²) in [6, 6.07) is 12.7. The van der Waals surface area contributed by atoms with Gasteiger partial charge in [0, 0.05) is 56.6 Å². The van der Waals surface area contributed by atoms with E-state index in [0.29, 0.717) is 41.2 Å². The Morgan fingerprint density at radius 1 is 1.02 bits per heavy atom. The molecule has 4 heterocycles. The molecule has 0 unspecified atom stereocenters. The van der Waals surface area contributed by atoms with Gasteiger partial charge in [0.15, 0.2) is 5.65 Å². The lowest BCUT2D eigenvalue weighted by Gasteiger charge is -2.32. The molecule has 2 aliphatic rings. The number of nitrogens with zero attached hydrogens (tertiary/aromatic N) is 6. The highest BCUT2D eigenvalue weighted by atomic mass is 32.3. The zero-order chi connectivity index (χ0) is 31.4. The molecule has 2 aromatic carbocycles. The lowest BCUT2D eigenvalue weighted by Crippen LogP contribution is -2.43. The summed E-state index contributed by atoms with van der Waals surface area (Å²) in [5.41, 5.74) is 3.02. The van der Waals surface area contributed by atoms with Crippen molar-refractivity contribution >= 4 is 33.5 Å². The Balaban J connectivity index is 0.000000714. The van der Waals surface area contributed by atoms with Crippen LogP contribution in [-0.2, 0) is 16.9 Å². The molecule has 45 heavy (non-hydrogen) atoms. The standard InChI is InChI=1S/C29H31F2N7O.H2O4S.H2O/c1-35-13-15-36(16-14-35)19-20-4-6-21(7-5-20)29(39)33-25-18-32-38-12-10-27(34-28(25)38)37-11-2-3-26(37)23-17-22(30)8-9-24(23)31;1-5(2,3)4;/h4-10,12,17-18,26H,2-3,11,13-16,19H2,1H3,(H,33,39);(H2,1,2,3,4);1H2/t26-;;/m1../s1. The van der Waals surface area contributed by atoms with E-state index < -0.39 is 22.0 Å². The van der Waals surface area contributed by atoms with Gasteiger partial charge in [0.05, 0.1) is 12.2 Å². The van der Waals surface area contributed by atoms with Crippen LogP contribution in [0, 0.1) is 11.6 Å². The van der Waals surface area contributed by atoms with Crippen molar-refractivity contribution in [1.82, 2.24) is 24.4 Å². The predicted octanol–water partition coefficient (Wildman–Crippen LogP) is 2.87.